The molecule has 0 heterocycles. The molecule has 1 aromatic rings. The van der Waals surface area contributed by atoms with Gasteiger partial charge in [0, 0.05) is 12.1 Å². The van der Waals surface area contributed by atoms with E-state index in [2.05, 4.69) is 6.07 Å². The van der Waals surface area contributed by atoms with Crippen LogP contribution in [0.5, 0.6) is 11.5 Å². The van der Waals surface area contributed by atoms with Crippen molar-refractivity contribution in [3.63, 3.8) is 0 Å². The molecule has 0 fully saturated rings. The third kappa shape index (κ3) is 4.69. The summed E-state index contributed by atoms with van der Waals surface area (Å²) in [5.74, 6) is 1.50. The lowest BCUT2D eigenvalue weighted by molar-refractivity contribution is 0.344. The standard InChI is InChI=1S/C14H17O2/c1-3-5-10-15-13-8-7-9-14(12-13)16-11-6-4-2/h3-8,12H,10-11H2,1-2H3. The van der Waals surface area contributed by atoms with E-state index in [4.69, 9.17) is 9.47 Å². The number of allylic oxidation sites excluding steroid dienone is 2. The number of benzene rings is 1. The van der Waals surface area contributed by atoms with Crippen molar-refractivity contribution in [3.8, 4) is 11.5 Å². The molecule has 0 unspecified atom stereocenters. The highest BCUT2D eigenvalue weighted by atomic mass is 16.5. The van der Waals surface area contributed by atoms with Crippen LogP contribution in [0.25, 0.3) is 0 Å². The van der Waals surface area contributed by atoms with Gasteiger partial charge >= 0.3 is 0 Å². The minimum absolute atomic E-state index is 0.561. The zero-order chi connectivity index (χ0) is 11.6. The van der Waals surface area contributed by atoms with Crippen LogP contribution in [0.2, 0.25) is 0 Å². The second-order valence-electron chi connectivity index (χ2n) is 3.15. The van der Waals surface area contributed by atoms with Crippen LogP contribution in [0.3, 0.4) is 0 Å². The predicted octanol–water partition coefficient (Wildman–Crippen LogP) is 3.40. The van der Waals surface area contributed by atoms with Gasteiger partial charge in [0.25, 0.3) is 0 Å². The van der Waals surface area contributed by atoms with Gasteiger partial charge in [-0.15, -0.1) is 0 Å². The summed E-state index contributed by atoms with van der Waals surface area (Å²) in [6.45, 7) is 5.07. The summed E-state index contributed by atoms with van der Waals surface area (Å²) < 4.78 is 10.9. The van der Waals surface area contributed by atoms with Crippen molar-refractivity contribution >= 4 is 0 Å². The molecule has 0 aliphatic rings. The summed E-state index contributed by atoms with van der Waals surface area (Å²) >= 11 is 0. The Bertz CT molecular complexity index is 322. The van der Waals surface area contributed by atoms with E-state index < -0.39 is 0 Å². The Morgan fingerprint density at radius 3 is 2.50 bits per heavy atom. The predicted molar refractivity (Wildman–Crippen MR) is 65.9 cm³/mol. The van der Waals surface area contributed by atoms with Crippen LogP contribution in [-0.2, 0) is 0 Å². The lowest BCUT2D eigenvalue weighted by Crippen LogP contribution is -1.96. The maximum absolute atomic E-state index is 5.49. The number of rotatable bonds is 6. The molecule has 0 atom stereocenters. The minimum Gasteiger partial charge on any atom is -0.489 e. The van der Waals surface area contributed by atoms with Gasteiger partial charge in [0.15, 0.2) is 0 Å². The molecule has 2 heteroatoms. The Kier molecular flexibility index (Phi) is 5.86. The Morgan fingerprint density at radius 2 is 1.81 bits per heavy atom. The highest BCUT2D eigenvalue weighted by Gasteiger charge is 1.96. The molecule has 0 aromatic heterocycles. The summed E-state index contributed by atoms with van der Waals surface area (Å²) in [6.07, 6.45) is 7.81. The quantitative estimate of drug-likeness (QED) is 0.680. The Hall–Kier alpha value is -1.70. The first-order valence-electron chi connectivity index (χ1n) is 5.36. The fourth-order valence-electron chi connectivity index (χ4n) is 1.07. The molecule has 0 amide bonds. The van der Waals surface area contributed by atoms with Gasteiger partial charge in [-0.25, -0.2) is 0 Å². The van der Waals surface area contributed by atoms with E-state index in [1.807, 2.05) is 50.3 Å². The van der Waals surface area contributed by atoms with Crippen LogP contribution in [0, 0.1) is 6.07 Å². The molecule has 1 aromatic carbocycles. The Labute approximate surface area is 97.2 Å². The fraction of sp³-hybridized carbons (Fsp3) is 0.286. The molecule has 0 saturated carbocycles. The molecule has 0 spiro atoms. The molecule has 2 nitrogen and oxygen atoms in total. The van der Waals surface area contributed by atoms with E-state index in [0.29, 0.717) is 19.0 Å². The fourth-order valence-corrected chi connectivity index (χ4v) is 1.07. The first-order valence-corrected chi connectivity index (χ1v) is 5.36. The molecule has 0 saturated heterocycles. The lowest BCUT2D eigenvalue weighted by Gasteiger charge is -2.06. The maximum Gasteiger partial charge on any atom is 0.131 e. The van der Waals surface area contributed by atoms with Crippen LogP contribution in [0.15, 0.2) is 42.5 Å². The van der Waals surface area contributed by atoms with Gasteiger partial charge in [-0.3, -0.25) is 0 Å². The molecule has 1 radical (unpaired) electrons. The van der Waals surface area contributed by atoms with Crippen LogP contribution < -0.4 is 9.47 Å². The highest BCUT2D eigenvalue weighted by molar-refractivity contribution is 5.32. The second-order valence-corrected chi connectivity index (χ2v) is 3.15. The molecule has 0 aliphatic carbocycles. The Morgan fingerprint density at radius 1 is 1.12 bits per heavy atom. The molecule has 85 valence electrons. The maximum atomic E-state index is 5.49. The summed E-state index contributed by atoms with van der Waals surface area (Å²) in [5.41, 5.74) is 0. The van der Waals surface area contributed by atoms with Crippen molar-refractivity contribution in [2.45, 2.75) is 13.8 Å². The molecule has 0 N–H and O–H groups in total. The van der Waals surface area contributed by atoms with Gasteiger partial charge in [-0.05, 0) is 26.0 Å². The molecule has 16 heavy (non-hydrogen) atoms. The zero-order valence-corrected chi connectivity index (χ0v) is 9.77. The van der Waals surface area contributed by atoms with Crippen molar-refractivity contribution in [3.05, 3.63) is 48.6 Å². The molecular formula is C14H17O2. The third-order valence-corrected chi connectivity index (χ3v) is 1.90. The van der Waals surface area contributed by atoms with Crippen molar-refractivity contribution in [1.29, 1.82) is 0 Å². The zero-order valence-electron chi connectivity index (χ0n) is 9.77. The van der Waals surface area contributed by atoms with E-state index in [-0.39, 0.29) is 0 Å². The first kappa shape index (κ1) is 12.4. The largest absolute Gasteiger partial charge is 0.489 e. The van der Waals surface area contributed by atoms with Crippen molar-refractivity contribution < 1.29 is 9.47 Å². The summed E-state index contributed by atoms with van der Waals surface area (Å²) in [6, 6.07) is 8.51. The summed E-state index contributed by atoms with van der Waals surface area (Å²) in [4.78, 5) is 0. The van der Waals surface area contributed by atoms with Crippen molar-refractivity contribution in [1.82, 2.24) is 0 Å². The third-order valence-electron chi connectivity index (χ3n) is 1.90. The normalized spacial score (nSPS) is 11.1. The average Bonchev–Trinajstić information content (AvgIpc) is 2.30. The van der Waals surface area contributed by atoms with E-state index in [1.54, 1.807) is 6.07 Å². The van der Waals surface area contributed by atoms with Gasteiger partial charge < -0.3 is 9.47 Å². The molecule has 1 rings (SSSR count). The van der Waals surface area contributed by atoms with E-state index >= 15 is 0 Å². The second kappa shape index (κ2) is 7.57. The minimum atomic E-state index is 0.561. The van der Waals surface area contributed by atoms with Gasteiger partial charge in [-0.1, -0.05) is 24.3 Å². The average molecular weight is 217 g/mol. The van der Waals surface area contributed by atoms with Gasteiger partial charge in [0.05, 0.1) is 0 Å². The van der Waals surface area contributed by atoms with Crippen LogP contribution in [0.4, 0.5) is 0 Å². The summed E-state index contributed by atoms with van der Waals surface area (Å²) in [5, 5.41) is 0. The molecule has 0 aliphatic heterocycles. The Balaban J connectivity index is 2.49. The molecular weight excluding hydrogens is 200 g/mol. The van der Waals surface area contributed by atoms with E-state index in [0.717, 1.165) is 5.75 Å². The van der Waals surface area contributed by atoms with E-state index in [1.165, 1.54) is 0 Å². The van der Waals surface area contributed by atoms with Crippen molar-refractivity contribution in [2.24, 2.45) is 0 Å². The van der Waals surface area contributed by atoms with Crippen molar-refractivity contribution in [2.75, 3.05) is 13.2 Å². The monoisotopic (exact) mass is 217 g/mol. The van der Waals surface area contributed by atoms with Gasteiger partial charge in [0.2, 0.25) is 0 Å². The van der Waals surface area contributed by atoms with E-state index in [9.17, 15) is 0 Å². The van der Waals surface area contributed by atoms with Crippen LogP contribution >= 0.6 is 0 Å². The smallest absolute Gasteiger partial charge is 0.131 e. The number of ether oxygens (including phenoxy) is 2. The highest BCUT2D eigenvalue weighted by Crippen LogP contribution is 2.18. The first-order chi connectivity index (χ1) is 7.86. The summed E-state index contributed by atoms with van der Waals surface area (Å²) in [7, 11) is 0. The number of hydrogen-bond acceptors (Lipinski definition) is 2. The van der Waals surface area contributed by atoms with Crippen LogP contribution in [-0.4, -0.2) is 13.2 Å². The molecule has 0 bridgehead atoms. The van der Waals surface area contributed by atoms with Gasteiger partial charge in [-0.2, -0.15) is 0 Å². The lowest BCUT2D eigenvalue weighted by atomic mass is 10.3. The SMILES string of the molecule is CC=CCOc1[c]ccc(OCC=CC)c1. The topological polar surface area (TPSA) is 18.5 Å². The van der Waals surface area contributed by atoms with Gasteiger partial charge in [0.1, 0.15) is 24.7 Å². The number of hydrogen-bond donors (Lipinski definition) is 0. The van der Waals surface area contributed by atoms with Crippen LogP contribution in [0.1, 0.15) is 13.8 Å².